The topological polar surface area (TPSA) is 117 Å². The Balaban J connectivity index is 1.81. The van der Waals surface area contributed by atoms with Crippen LogP contribution in [0.3, 0.4) is 0 Å². The molecule has 2 aromatic carbocycles. The van der Waals surface area contributed by atoms with Crippen LogP contribution in [0.5, 0.6) is 5.75 Å². The van der Waals surface area contributed by atoms with Gasteiger partial charge in [0.1, 0.15) is 10.6 Å². The van der Waals surface area contributed by atoms with Crippen LogP contribution in [0, 0.1) is 0 Å². The lowest BCUT2D eigenvalue weighted by Crippen LogP contribution is -2.34. The van der Waals surface area contributed by atoms with E-state index < -0.39 is 15.9 Å². The first-order valence-electron chi connectivity index (χ1n) is 11.0. The lowest BCUT2D eigenvalue weighted by atomic mass is 10.2. The Labute approximate surface area is 194 Å². The minimum Gasteiger partial charge on any atom is -0.492 e. The van der Waals surface area contributed by atoms with E-state index in [0.717, 1.165) is 12.8 Å². The second kappa shape index (κ2) is 10.7. The first-order chi connectivity index (χ1) is 15.7. The fraction of sp³-hybridized carbons (Fsp3) is 0.391. The normalized spacial score (nSPS) is 14.2. The first-order valence-corrected chi connectivity index (χ1v) is 12.4. The number of ether oxygens (including phenoxy) is 1. The molecule has 178 valence electrons. The van der Waals surface area contributed by atoms with Crippen molar-refractivity contribution in [1.82, 2.24) is 9.62 Å². The van der Waals surface area contributed by atoms with Crippen molar-refractivity contribution in [3.05, 3.63) is 48.0 Å². The van der Waals surface area contributed by atoms with Gasteiger partial charge in [0.25, 0.3) is 5.91 Å². The number of urea groups is 1. The number of nitrogens with one attached hydrogen (secondary N) is 3. The first kappa shape index (κ1) is 24.5. The van der Waals surface area contributed by atoms with Gasteiger partial charge in [-0.3, -0.25) is 4.79 Å². The van der Waals surface area contributed by atoms with Crippen LogP contribution in [0.25, 0.3) is 0 Å². The molecule has 0 atom stereocenters. The number of benzene rings is 2. The van der Waals surface area contributed by atoms with Crippen molar-refractivity contribution in [1.29, 1.82) is 0 Å². The molecule has 10 heteroatoms. The molecule has 9 nitrogen and oxygen atoms in total. The molecule has 0 bridgehead atoms. The minimum absolute atomic E-state index is 0.0258. The molecule has 0 saturated carbocycles. The Kier molecular flexibility index (Phi) is 7.93. The van der Waals surface area contributed by atoms with Crippen LogP contribution >= 0.6 is 0 Å². The van der Waals surface area contributed by atoms with E-state index in [4.69, 9.17) is 4.74 Å². The Morgan fingerprint density at radius 2 is 1.73 bits per heavy atom. The summed E-state index contributed by atoms with van der Waals surface area (Å²) < 4.78 is 33.3. The summed E-state index contributed by atoms with van der Waals surface area (Å²) in [6, 6.07) is 10.7. The molecule has 0 spiro atoms. The molecule has 3 N–H and O–H groups in total. The molecule has 1 fully saturated rings. The van der Waals surface area contributed by atoms with Gasteiger partial charge in [-0.2, -0.15) is 4.31 Å². The number of carbonyl (C=O) groups excluding carboxylic acids is 2. The van der Waals surface area contributed by atoms with Crippen molar-refractivity contribution in [2.24, 2.45) is 0 Å². The third-order valence-electron chi connectivity index (χ3n) is 4.99. The standard InChI is InChI=1S/C23H30N4O5S/c1-4-32-20-11-10-19(15-21(20)33(30,31)27-12-5-6-13-27)25-22(28)17-8-7-9-18(14-17)26-23(29)24-16(2)3/h7-11,14-16H,4-6,12-13H2,1-3H3,(H,25,28)(H2,24,26,29). The summed E-state index contributed by atoms with van der Waals surface area (Å²) in [6.07, 6.45) is 1.64. The van der Waals surface area contributed by atoms with Gasteiger partial charge in [0.2, 0.25) is 10.0 Å². The monoisotopic (exact) mass is 474 g/mol. The quantitative estimate of drug-likeness (QED) is 0.540. The molecule has 1 aliphatic rings. The van der Waals surface area contributed by atoms with Gasteiger partial charge in [-0.15, -0.1) is 0 Å². The average Bonchev–Trinajstić information content (AvgIpc) is 3.30. The Morgan fingerprint density at radius 3 is 2.39 bits per heavy atom. The molecule has 33 heavy (non-hydrogen) atoms. The van der Waals surface area contributed by atoms with Gasteiger partial charge in [0, 0.05) is 36.1 Å². The lowest BCUT2D eigenvalue weighted by molar-refractivity contribution is 0.102. The van der Waals surface area contributed by atoms with Gasteiger partial charge in [0.05, 0.1) is 6.61 Å². The number of sulfonamides is 1. The van der Waals surface area contributed by atoms with Gasteiger partial charge < -0.3 is 20.7 Å². The van der Waals surface area contributed by atoms with Crippen molar-refractivity contribution in [2.75, 3.05) is 30.3 Å². The summed E-state index contributed by atoms with van der Waals surface area (Å²) in [5.41, 5.74) is 1.11. The van der Waals surface area contributed by atoms with E-state index in [9.17, 15) is 18.0 Å². The largest absolute Gasteiger partial charge is 0.492 e. The molecule has 0 unspecified atom stereocenters. The third kappa shape index (κ3) is 6.23. The highest BCUT2D eigenvalue weighted by molar-refractivity contribution is 7.89. The van der Waals surface area contributed by atoms with Gasteiger partial charge >= 0.3 is 6.03 Å². The second-order valence-corrected chi connectivity index (χ2v) is 9.90. The van der Waals surface area contributed by atoms with E-state index in [0.29, 0.717) is 36.6 Å². The zero-order chi connectivity index (χ0) is 24.0. The van der Waals surface area contributed by atoms with Crippen LogP contribution in [0.2, 0.25) is 0 Å². The summed E-state index contributed by atoms with van der Waals surface area (Å²) in [5.74, 6) is -0.179. The zero-order valence-corrected chi connectivity index (χ0v) is 19.9. The molecule has 3 amide bonds. The molecular weight excluding hydrogens is 444 g/mol. The molecular formula is C23H30N4O5S. The molecule has 0 aromatic heterocycles. The highest BCUT2D eigenvalue weighted by atomic mass is 32.2. The highest BCUT2D eigenvalue weighted by Crippen LogP contribution is 2.32. The molecule has 1 heterocycles. The van der Waals surface area contributed by atoms with E-state index in [2.05, 4.69) is 16.0 Å². The minimum atomic E-state index is -3.74. The van der Waals surface area contributed by atoms with E-state index >= 15 is 0 Å². The summed E-state index contributed by atoms with van der Waals surface area (Å²) in [7, 11) is -3.74. The number of rotatable bonds is 8. The smallest absolute Gasteiger partial charge is 0.319 e. The summed E-state index contributed by atoms with van der Waals surface area (Å²) >= 11 is 0. The number of hydrogen-bond donors (Lipinski definition) is 3. The van der Waals surface area contributed by atoms with Crippen molar-refractivity contribution in [3.8, 4) is 5.75 Å². The van der Waals surface area contributed by atoms with Crippen LogP contribution in [0.1, 0.15) is 44.0 Å². The van der Waals surface area contributed by atoms with Crippen LogP contribution in [0.15, 0.2) is 47.4 Å². The van der Waals surface area contributed by atoms with Crippen molar-refractivity contribution >= 4 is 33.3 Å². The number of nitrogens with zero attached hydrogens (tertiary/aromatic N) is 1. The van der Waals surface area contributed by atoms with Crippen molar-refractivity contribution in [2.45, 2.75) is 44.6 Å². The molecule has 0 radical (unpaired) electrons. The number of hydrogen-bond acceptors (Lipinski definition) is 5. The molecule has 3 rings (SSSR count). The van der Waals surface area contributed by atoms with E-state index in [1.807, 2.05) is 13.8 Å². The Morgan fingerprint density at radius 1 is 1.03 bits per heavy atom. The van der Waals surface area contributed by atoms with E-state index in [1.54, 1.807) is 43.3 Å². The van der Waals surface area contributed by atoms with Crippen molar-refractivity contribution in [3.63, 3.8) is 0 Å². The fourth-order valence-corrected chi connectivity index (χ4v) is 5.17. The SMILES string of the molecule is CCOc1ccc(NC(=O)c2cccc(NC(=O)NC(C)C)c2)cc1S(=O)(=O)N1CCCC1. The van der Waals surface area contributed by atoms with E-state index in [1.165, 1.54) is 10.4 Å². The van der Waals surface area contributed by atoms with Crippen molar-refractivity contribution < 1.29 is 22.7 Å². The number of amides is 3. The summed E-state index contributed by atoms with van der Waals surface area (Å²) in [6.45, 7) is 6.73. The molecule has 1 saturated heterocycles. The Bertz CT molecular complexity index is 1110. The van der Waals surface area contributed by atoms with Gasteiger partial charge in [0.15, 0.2) is 0 Å². The maximum atomic E-state index is 13.1. The second-order valence-electron chi connectivity index (χ2n) is 7.99. The Hall–Kier alpha value is -3.11. The molecule has 1 aliphatic heterocycles. The van der Waals surface area contributed by atoms with E-state index in [-0.39, 0.29) is 22.7 Å². The van der Waals surface area contributed by atoms with Gasteiger partial charge in [-0.05, 0) is 70.0 Å². The molecule has 0 aliphatic carbocycles. The van der Waals surface area contributed by atoms with Gasteiger partial charge in [-0.25, -0.2) is 13.2 Å². The zero-order valence-electron chi connectivity index (χ0n) is 19.1. The fourth-order valence-electron chi connectivity index (χ4n) is 3.50. The van der Waals surface area contributed by atoms with Crippen LogP contribution in [-0.4, -0.2) is 50.4 Å². The predicted molar refractivity (Wildman–Crippen MR) is 127 cm³/mol. The van der Waals surface area contributed by atoms with Crippen LogP contribution in [-0.2, 0) is 10.0 Å². The highest BCUT2D eigenvalue weighted by Gasteiger charge is 2.30. The predicted octanol–water partition coefficient (Wildman–Crippen LogP) is 3.65. The average molecular weight is 475 g/mol. The van der Waals surface area contributed by atoms with Crippen LogP contribution in [0.4, 0.5) is 16.2 Å². The third-order valence-corrected chi connectivity index (χ3v) is 6.91. The summed E-state index contributed by atoms with van der Waals surface area (Å²) in [4.78, 5) is 24.8. The number of carbonyl (C=O) groups is 2. The maximum absolute atomic E-state index is 13.1. The lowest BCUT2D eigenvalue weighted by Gasteiger charge is -2.19. The van der Waals surface area contributed by atoms with Gasteiger partial charge in [-0.1, -0.05) is 6.07 Å². The number of anilines is 2. The van der Waals surface area contributed by atoms with Crippen LogP contribution < -0.4 is 20.7 Å². The molecule has 2 aromatic rings. The summed E-state index contributed by atoms with van der Waals surface area (Å²) in [5, 5.41) is 8.14. The maximum Gasteiger partial charge on any atom is 0.319 e.